The number of thioether (sulfide) groups is 1. The van der Waals surface area contributed by atoms with Crippen molar-refractivity contribution in [2.24, 2.45) is 4.99 Å². The van der Waals surface area contributed by atoms with Crippen molar-refractivity contribution in [3.05, 3.63) is 72.7 Å². The number of amides is 1. The number of nitriles is 1. The first-order chi connectivity index (χ1) is 16.4. The highest BCUT2D eigenvalue weighted by atomic mass is 35.5. The lowest BCUT2D eigenvalue weighted by Crippen LogP contribution is -2.19. The molecule has 0 unspecified atom stereocenters. The molecule has 1 aliphatic heterocycles. The molecule has 0 bridgehead atoms. The van der Waals surface area contributed by atoms with E-state index < -0.39 is 0 Å². The van der Waals surface area contributed by atoms with Crippen LogP contribution in [-0.4, -0.2) is 15.6 Å². The smallest absolute Gasteiger partial charge is 0.264 e. The summed E-state index contributed by atoms with van der Waals surface area (Å²) in [5.74, 6) is -0.170. The van der Waals surface area contributed by atoms with Gasteiger partial charge in [0.2, 0.25) is 0 Å². The van der Waals surface area contributed by atoms with E-state index in [2.05, 4.69) is 27.0 Å². The zero-order valence-electron chi connectivity index (χ0n) is 19.2. The highest BCUT2D eigenvalue weighted by Crippen LogP contribution is 2.39. The zero-order chi connectivity index (χ0) is 24.0. The minimum absolute atomic E-state index is 0.170. The Hall–Kier alpha value is -2.79. The first-order valence-electron chi connectivity index (χ1n) is 11.2. The van der Waals surface area contributed by atoms with Gasteiger partial charge in [0, 0.05) is 21.3 Å². The van der Waals surface area contributed by atoms with E-state index in [0.717, 1.165) is 52.3 Å². The number of rotatable bonds is 3. The van der Waals surface area contributed by atoms with E-state index in [1.807, 2.05) is 39.0 Å². The molecule has 0 spiro atoms. The van der Waals surface area contributed by atoms with Crippen LogP contribution in [0.2, 0.25) is 5.02 Å². The Morgan fingerprint density at radius 2 is 2.00 bits per heavy atom. The Morgan fingerprint density at radius 1 is 1.21 bits per heavy atom. The van der Waals surface area contributed by atoms with E-state index in [0.29, 0.717) is 20.8 Å². The second-order valence-corrected chi connectivity index (χ2v) is 11.1. The Kier molecular flexibility index (Phi) is 6.15. The number of amidine groups is 1. The van der Waals surface area contributed by atoms with Crippen LogP contribution in [0.4, 0.5) is 5.69 Å². The van der Waals surface area contributed by atoms with Gasteiger partial charge in [-0.3, -0.25) is 4.79 Å². The molecule has 3 heterocycles. The first-order valence-corrected chi connectivity index (χ1v) is 13.2. The molecule has 1 aliphatic carbocycles. The van der Waals surface area contributed by atoms with Gasteiger partial charge in [-0.2, -0.15) is 5.26 Å². The van der Waals surface area contributed by atoms with Gasteiger partial charge in [0.15, 0.2) is 5.17 Å². The van der Waals surface area contributed by atoms with Crippen molar-refractivity contribution < 1.29 is 4.79 Å². The Bertz CT molecular complexity index is 1440. The van der Waals surface area contributed by atoms with Gasteiger partial charge < -0.3 is 9.88 Å². The molecule has 0 atom stereocenters. The van der Waals surface area contributed by atoms with E-state index in [1.165, 1.54) is 28.6 Å². The number of hydrogen-bond donors (Lipinski definition) is 1. The summed E-state index contributed by atoms with van der Waals surface area (Å²) < 4.78 is 2.16. The van der Waals surface area contributed by atoms with Crippen LogP contribution in [0.25, 0.3) is 11.1 Å². The molecule has 1 N–H and O–H groups in total. The third kappa shape index (κ3) is 4.11. The van der Waals surface area contributed by atoms with Gasteiger partial charge in [-0.1, -0.05) is 17.7 Å². The summed E-state index contributed by atoms with van der Waals surface area (Å²) in [5, 5.41) is 14.9. The molecule has 1 aromatic carbocycles. The average Bonchev–Trinajstić information content (AvgIpc) is 3.43. The molecule has 34 heavy (non-hydrogen) atoms. The van der Waals surface area contributed by atoms with Crippen LogP contribution >= 0.6 is 34.7 Å². The Labute approximate surface area is 212 Å². The Morgan fingerprint density at radius 3 is 2.76 bits per heavy atom. The standard InChI is InChI=1S/C26H23ClN4OS2/c1-14-8-9-18(12-21(14)27)29-26-30-24(32)23(34-26)11-17-10-15(2)31(16(17)3)25-20(13-28)19-6-4-5-7-22(19)33-25/h8-12H,4-7H2,1-3H3,(H,29,30,32)/b23-11-. The minimum Gasteiger partial charge on any atom is -0.308 e. The van der Waals surface area contributed by atoms with Crippen LogP contribution < -0.4 is 5.32 Å². The molecule has 5 rings (SSSR count). The SMILES string of the molecule is Cc1ccc(N=C2NC(=O)/C(=C/c3cc(C)n(-c4sc5c(c4C#N)CCCC5)c3C)S2)cc1Cl. The van der Waals surface area contributed by atoms with E-state index in [-0.39, 0.29) is 5.91 Å². The van der Waals surface area contributed by atoms with Crippen LogP contribution in [-0.2, 0) is 17.6 Å². The molecule has 8 heteroatoms. The van der Waals surface area contributed by atoms with E-state index >= 15 is 0 Å². The number of thiophene rings is 1. The van der Waals surface area contributed by atoms with Gasteiger partial charge in [0.05, 0.1) is 16.2 Å². The Balaban J connectivity index is 1.48. The van der Waals surface area contributed by atoms with Crippen molar-refractivity contribution >= 4 is 57.5 Å². The van der Waals surface area contributed by atoms with Gasteiger partial charge in [-0.05, 0) is 99.2 Å². The number of carbonyl (C=O) groups is 1. The van der Waals surface area contributed by atoms with Crippen molar-refractivity contribution in [1.29, 1.82) is 5.26 Å². The van der Waals surface area contributed by atoms with Gasteiger partial charge in [0.25, 0.3) is 5.91 Å². The van der Waals surface area contributed by atoms with Crippen LogP contribution in [0.1, 0.15) is 51.4 Å². The fraction of sp³-hybridized carbons (Fsp3) is 0.269. The summed E-state index contributed by atoms with van der Waals surface area (Å²) in [5.41, 5.74) is 6.74. The molecular formula is C26H23ClN4OS2. The van der Waals surface area contributed by atoms with Gasteiger partial charge in [-0.15, -0.1) is 11.3 Å². The van der Waals surface area contributed by atoms with Crippen molar-refractivity contribution in [3.63, 3.8) is 0 Å². The van der Waals surface area contributed by atoms with E-state index in [9.17, 15) is 10.1 Å². The second-order valence-electron chi connectivity index (χ2n) is 8.58. The van der Waals surface area contributed by atoms with E-state index in [1.54, 1.807) is 17.4 Å². The lowest BCUT2D eigenvalue weighted by molar-refractivity contribution is -0.115. The monoisotopic (exact) mass is 506 g/mol. The summed E-state index contributed by atoms with van der Waals surface area (Å²) in [6.45, 7) is 6.03. The molecule has 1 fully saturated rings. The molecule has 1 saturated heterocycles. The molecule has 2 aromatic heterocycles. The first kappa shape index (κ1) is 23.0. The number of nitrogens with one attached hydrogen (secondary N) is 1. The predicted octanol–water partition coefficient (Wildman–Crippen LogP) is 6.76. The number of halogens is 1. The molecule has 3 aromatic rings. The number of carbonyl (C=O) groups excluding carboxylic acids is 1. The number of aromatic nitrogens is 1. The lowest BCUT2D eigenvalue weighted by Gasteiger charge is -2.10. The summed E-state index contributed by atoms with van der Waals surface area (Å²) in [4.78, 5) is 19.1. The van der Waals surface area contributed by atoms with Crippen molar-refractivity contribution in [1.82, 2.24) is 9.88 Å². The molecule has 172 valence electrons. The molecule has 0 saturated carbocycles. The second kappa shape index (κ2) is 9.10. The third-order valence-corrected chi connectivity index (χ3v) is 8.86. The molecule has 5 nitrogen and oxygen atoms in total. The predicted molar refractivity (Wildman–Crippen MR) is 141 cm³/mol. The maximum Gasteiger partial charge on any atom is 0.264 e. The summed E-state index contributed by atoms with van der Waals surface area (Å²) in [6, 6.07) is 10.1. The average molecular weight is 507 g/mol. The van der Waals surface area contributed by atoms with Gasteiger partial charge in [-0.25, -0.2) is 4.99 Å². The zero-order valence-corrected chi connectivity index (χ0v) is 21.5. The van der Waals surface area contributed by atoms with Crippen LogP contribution in [0, 0.1) is 32.1 Å². The van der Waals surface area contributed by atoms with Crippen LogP contribution in [0.15, 0.2) is 34.2 Å². The molecule has 0 radical (unpaired) electrons. The number of nitrogens with zero attached hydrogens (tertiary/aromatic N) is 3. The molecule has 2 aliphatic rings. The number of aliphatic imine (C=N–C) groups is 1. The molecular weight excluding hydrogens is 484 g/mol. The number of hydrogen-bond acceptors (Lipinski definition) is 5. The maximum atomic E-state index is 12.7. The summed E-state index contributed by atoms with van der Waals surface area (Å²) in [6.07, 6.45) is 6.27. The largest absolute Gasteiger partial charge is 0.308 e. The highest BCUT2D eigenvalue weighted by molar-refractivity contribution is 8.18. The van der Waals surface area contributed by atoms with Crippen molar-refractivity contribution in [2.45, 2.75) is 46.5 Å². The summed E-state index contributed by atoms with van der Waals surface area (Å²) >= 11 is 9.26. The summed E-state index contributed by atoms with van der Waals surface area (Å²) in [7, 11) is 0. The third-order valence-electron chi connectivity index (χ3n) is 6.26. The van der Waals surface area contributed by atoms with Crippen molar-refractivity contribution in [3.8, 4) is 11.1 Å². The normalized spacial score (nSPS) is 17.8. The van der Waals surface area contributed by atoms with Crippen molar-refractivity contribution in [2.75, 3.05) is 0 Å². The van der Waals surface area contributed by atoms with Gasteiger partial charge >= 0.3 is 0 Å². The fourth-order valence-corrected chi connectivity index (χ4v) is 6.92. The number of fused-ring (bicyclic) bond motifs is 1. The molecule has 1 amide bonds. The highest BCUT2D eigenvalue weighted by Gasteiger charge is 2.26. The van der Waals surface area contributed by atoms with Gasteiger partial charge in [0.1, 0.15) is 11.1 Å². The van der Waals surface area contributed by atoms with Crippen LogP contribution in [0.3, 0.4) is 0 Å². The van der Waals surface area contributed by atoms with E-state index in [4.69, 9.17) is 11.6 Å². The lowest BCUT2D eigenvalue weighted by atomic mass is 9.96. The minimum atomic E-state index is -0.170. The topological polar surface area (TPSA) is 70.2 Å². The maximum absolute atomic E-state index is 12.7. The number of aryl methyl sites for hydroxylation is 3. The quantitative estimate of drug-likeness (QED) is 0.399. The van der Waals surface area contributed by atoms with Crippen LogP contribution in [0.5, 0.6) is 0 Å². The fourth-order valence-electron chi connectivity index (χ4n) is 4.46. The number of benzene rings is 1.